The molecule has 0 saturated carbocycles. The third-order valence-electron chi connectivity index (χ3n) is 5.54. The van der Waals surface area contributed by atoms with Gasteiger partial charge in [-0.25, -0.2) is 9.18 Å². The van der Waals surface area contributed by atoms with Gasteiger partial charge in [-0.2, -0.15) is 0 Å². The lowest BCUT2D eigenvalue weighted by Crippen LogP contribution is -2.22. The number of halogens is 1. The maximum Gasteiger partial charge on any atom is 0.328 e. The van der Waals surface area contributed by atoms with Crippen molar-refractivity contribution < 1.29 is 19.0 Å². The van der Waals surface area contributed by atoms with Gasteiger partial charge in [0, 0.05) is 11.6 Å². The van der Waals surface area contributed by atoms with E-state index in [1.165, 1.54) is 23.3 Å². The van der Waals surface area contributed by atoms with Crippen molar-refractivity contribution in [2.24, 2.45) is 0 Å². The van der Waals surface area contributed by atoms with Crippen LogP contribution >= 0.6 is 0 Å². The SMILES string of the molecule is CCOc1cc2c(cc1\C(CC)=C(F)/C=C/C(C)=C/C(=O)O)C(CC)=CCC2(C)C. The van der Waals surface area contributed by atoms with Crippen molar-refractivity contribution in [1.29, 1.82) is 0 Å². The summed E-state index contributed by atoms with van der Waals surface area (Å²) in [6.07, 6.45) is 8.55. The van der Waals surface area contributed by atoms with Gasteiger partial charge in [-0.1, -0.05) is 39.8 Å². The number of carbonyl (C=O) groups is 1. The molecule has 30 heavy (non-hydrogen) atoms. The van der Waals surface area contributed by atoms with Crippen LogP contribution in [0.1, 0.15) is 77.5 Å². The van der Waals surface area contributed by atoms with E-state index in [0.717, 1.165) is 30.0 Å². The van der Waals surface area contributed by atoms with Crippen molar-refractivity contribution >= 4 is 17.1 Å². The van der Waals surface area contributed by atoms with Gasteiger partial charge in [-0.05, 0) is 84.6 Å². The minimum atomic E-state index is -1.05. The Hall–Kier alpha value is -2.62. The van der Waals surface area contributed by atoms with Gasteiger partial charge in [0.1, 0.15) is 11.6 Å². The molecule has 3 nitrogen and oxygen atoms in total. The van der Waals surface area contributed by atoms with Crippen molar-refractivity contribution in [1.82, 2.24) is 0 Å². The summed E-state index contributed by atoms with van der Waals surface area (Å²) >= 11 is 0. The Labute approximate surface area is 179 Å². The molecule has 0 aliphatic heterocycles. The number of hydrogen-bond donors (Lipinski definition) is 1. The third kappa shape index (κ3) is 5.29. The fourth-order valence-electron chi connectivity index (χ4n) is 3.89. The van der Waals surface area contributed by atoms with Crippen LogP contribution in [0.4, 0.5) is 4.39 Å². The zero-order valence-corrected chi connectivity index (χ0v) is 18.9. The number of allylic oxidation sites excluding steroid dienone is 7. The van der Waals surface area contributed by atoms with Crippen molar-refractivity contribution in [3.8, 4) is 5.75 Å². The second-order valence-corrected chi connectivity index (χ2v) is 8.24. The van der Waals surface area contributed by atoms with E-state index in [4.69, 9.17) is 9.84 Å². The molecule has 0 bridgehead atoms. The predicted molar refractivity (Wildman–Crippen MR) is 122 cm³/mol. The molecule has 0 fully saturated rings. The highest BCUT2D eigenvalue weighted by Crippen LogP contribution is 2.45. The van der Waals surface area contributed by atoms with Gasteiger partial charge in [0.15, 0.2) is 0 Å². The molecule has 0 spiro atoms. The number of benzene rings is 1. The van der Waals surface area contributed by atoms with E-state index >= 15 is 4.39 Å². The summed E-state index contributed by atoms with van der Waals surface area (Å²) in [5.74, 6) is -0.736. The molecule has 2 rings (SSSR count). The van der Waals surface area contributed by atoms with Gasteiger partial charge in [0.05, 0.1) is 6.61 Å². The highest BCUT2D eigenvalue weighted by atomic mass is 19.1. The van der Waals surface area contributed by atoms with Gasteiger partial charge >= 0.3 is 5.97 Å². The number of fused-ring (bicyclic) bond motifs is 1. The molecule has 1 N–H and O–H groups in total. The molecule has 0 heterocycles. The second kappa shape index (κ2) is 9.92. The summed E-state index contributed by atoms with van der Waals surface area (Å²) in [7, 11) is 0. The van der Waals surface area contributed by atoms with E-state index in [1.807, 2.05) is 13.8 Å². The van der Waals surface area contributed by atoms with E-state index in [-0.39, 0.29) is 11.2 Å². The molecular formula is C26H33FO3. The van der Waals surface area contributed by atoms with Crippen molar-refractivity contribution in [3.05, 3.63) is 64.5 Å². The topological polar surface area (TPSA) is 46.5 Å². The highest BCUT2D eigenvalue weighted by Gasteiger charge is 2.30. The fourth-order valence-corrected chi connectivity index (χ4v) is 3.89. The van der Waals surface area contributed by atoms with Gasteiger partial charge in [-0.3, -0.25) is 0 Å². The summed E-state index contributed by atoms with van der Waals surface area (Å²) < 4.78 is 21.1. The zero-order chi connectivity index (χ0) is 22.5. The van der Waals surface area contributed by atoms with Crippen LogP contribution in [0.3, 0.4) is 0 Å². The van der Waals surface area contributed by atoms with Gasteiger partial charge in [0.25, 0.3) is 0 Å². The van der Waals surface area contributed by atoms with E-state index in [9.17, 15) is 4.79 Å². The van der Waals surface area contributed by atoms with Crippen LogP contribution in [0.25, 0.3) is 11.1 Å². The normalized spacial score (nSPS) is 16.8. The first kappa shape index (κ1) is 23.7. The maximum absolute atomic E-state index is 15.2. The Morgan fingerprint density at radius 1 is 1.23 bits per heavy atom. The van der Waals surface area contributed by atoms with E-state index in [0.29, 0.717) is 29.9 Å². The molecule has 1 aliphatic carbocycles. The van der Waals surface area contributed by atoms with Crippen LogP contribution in [0.2, 0.25) is 0 Å². The fraction of sp³-hybridized carbons (Fsp3) is 0.423. The molecule has 0 amide bonds. The second-order valence-electron chi connectivity index (χ2n) is 8.24. The van der Waals surface area contributed by atoms with Gasteiger partial charge in [-0.15, -0.1) is 0 Å². The largest absolute Gasteiger partial charge is 0.493 e. The van der Waals surface area contributed by atoms with E-state index in [2.05, 4.69) is 39.0 Å². The molecular weight excluding hydrogens is 379 g/mol. The first-order chi connectivity index (χ1) is 14.1. The number of aliphatic carboxylic acids is 1. The Kier molecular flexibility index (Phi) is 7.83. The number of hydrogen-bond acceptors (Lipinski definition) is 2. The molecule has 0 atom stereocenters. The van der Waals surface area contributed by atoms with Crippen LogP contribution in [0, 0.1) is 0 Å². The Morgan fingerprint density at radius 3 is 2.50 bits per heavy atom. The highest BCUT2D eigenvalue weighted by molar-refractivity contribution is 5.82. The van der Waals surface area contributed by atoms with E-state index in [1.54, 1.807) is 6.92 Å². The molecule has 0 aromatic heterocycles. The van der Waals surface area contributed by atoms with Crippen LogP contribution in [0.5, 0.6) is 5.75 Å². The lowest BCUT2D eigenvalue weighted by Gasteiger charge is -2.33. The monoisotopic (exact) mass is 412 g/mol. The Balaban J connectivity index is 2.67. The zero-order valence-electron chi connectivity index (χ0n) is 18.9. The summed E-state index contributed by atoms with van der Waals surface area (Å²) in [6, 6.07) is 4.15. The molecule has 162 valence electrons. The summed E-state index contributed by atoms with van der Waals surface area (Å²) in [5.41, 5.74) is 5.46. The first-order valence-electron chi connectivity index (χ1n) is 10.6. The molecule has 0 unspecified atom stereocenters. The third-order valence-corrected chi connectivity index (χ3v) is 5.54. The molecule has 1 aromatic rings. The molecule has 0 saturated heterocycles. The van der Waals surface area contributed by atoms with Crippen LogP contribution in [-0.4, -0.2) is 17.7 Å². The average Bonchev–Trinajstić information content (AvgIpc) is 2.67. The van der Waals surface area contributed by atoms with Crippen molar-refractivity contribution in [3.63, 3.8) is 0 Å². The number of ether oxygens (including phenoxy) is 1. The smallest absolute Gasteiger partial charge is 0.328 e. The van der Waals surface area contributed by atoms with Crippen LogP contribution in [-0.2, 0) is 10.2 Å². The number of rotatable bonds is 8. The lowest BCUT2D eigenvalue weighted by atomic mass is 9.72. The van der Waals surface area contributed by atoms with Crippen molar-refractivity contribution in [2.45, 2.75) is 66.2 Å². The van der Waals surface area contributed by atoms with Crippen molar-refractivity contribution in [2.75, 3.05) is 6.61 Å². The number of carboxylic acids is 1. The summed E-state index contributed by atoms with van der Waals surface area (Å²) in [6.45, 7) is 12.6. The predicted octanol–water partition coefficient (Wildman–Crippen LogP) is 7.24. The standard InChI is InChI=1S/C26H33FO3/c1-7-18-12-13-26(5,6)22-16-24(30-9-3)21(15-20(18)22)19(8-2)23(27)11-10-17(4)14-25(28)29/h10-12,14-16H,7-9,13H2,1-6H3,(H,28,29)/b11-10+,17-14+,23-19+. The quantitative estimate of drug-likeness (QED) is 0.362. The minimum Gasteiger partial charge on any atom is -0.493 e. The van der Waals surface area contributed by atoms with Crippen LogP contribution in [0.15, 0.2) is 47.8 Å². The van der Waals surface area contributed by atoms with Crippen LogP contribution < -0.4 is 4.74 Å². The molecule has 0 radical (unpaired) electrons. The van der Waals surface area contributed by atoms with E-state index < -0.39 is 5.97 Å². The molecule has 1 aliphatic rings. The Bertz CT molecular complexity index is 930. The average molecular weight is 413 g/mol. The number of carboxylic acid groups (broad SMARTS) is 1. The molecule has 4 heteroatoms. The summed E-state index contributed by atoms with van der Waals surface area (Å²) in [4.78, 5) is 10.8. The molecule has 1 aromatic carbocycles. The Morgan fingerprint density at radius 2 is 1.93 bits per heavy atom. The van der Waals surface area contributed by atoms with Gasteiger partial charge in [0.2, 0.25) is 0 Å². The minimum absolute atomic E-state index is 0.00827. The first-order valence-corrected chi connectivity index (χ1v) is 10.6. The van der Waals surface area contributed by atoms with Gasteiger partial charge < -0.3 is 9.84 Å². The lowest BCUT2D eigenvalue weighted by molar-refractivity contribution is -0.131. The summed E-state index contributed by atoms with van der Waals surface area (Å²) in [5, 5.41) is 8.84. The maximum atomic E-state index is 15.2.